The largest absolute Gasteiger partial charge is 0.491 e. The van der Waals surface area contributed by atoms with E-state index in [-0.39, 0.29) is 6.04 Å². The van der Waals surface area contributed by atoms with Crippen molar-refractivity contribution in [1.82, 2.24) is 0 Å². The second-order valence-corrected chi connectivity index (χ2v) is 5.07. The first-order valence-corrected chi connectivity index (χ1v) is 6.20. The highest BCUT2D eigenvalue weighted by atomic mass is 35.5. The molecule has 0 heterocycles. The van der Waals surface area contributed by atoms with Gasteiger partial charge in [0.2, 0.25) is 0 Å². The number of hydrogen-bond donors (Lipinski definition) is 1. The molecule has 1 unspecified atom stereocenters. The minimum Gasteiger partial charge on any atom is -0.491 e. The van der Waals surface area contributed by atoms with Crippen LogP contribution in [0.3, 0.4) is 0 Å². The molecular weight excluding hydrogens is 222 g/mol. The minimum atomic E-state index is 0.127. The first kappa shape index (κ1) is 11.7. The molecule has 1 aliphatic carbocycles. The number of rotatable bonds is 5. The number of para-hydroxylation sites is 1. The fourth-order valence-electron chi connectivity index (χ4n) is 1.71. The average molecular weight is 240 g/mol. The molecule has 2 nitrogen and oxygen atoms in total. The van der Waals surface area contributed by atoms with Gasteiger partial charge in [0.05, 0.1) is 11.6 Å². The van der Waals surface area contributed by atoms with Gasteiger partial charge in [-0.3, -0.25) is 0 Å². The Morgan fingerprint density at radius 3 is 2.88 bits per heavy atom. The second-order valence-electron chi connectivity index (χ2n) is 4.66. The van der Waals surface area contributed by atoms with Crippen molar-refractivity contribution in [2.24, 2.45) is 11.7 Å². The van der Waals surface area contributed by atoms with Gasteiger partial charge in [-0.1, -0.05) is 23.7 Å². The van der Waals surface area contributed by atoms with Crippen LogP contribution in [0.25, 0.3) is 0 Å². The van der Waals surface area contributed by atoms with Gasteiger partial charge in [0.15, 0.2) is 0 Å². The number of benzene rings is 1. The lowest BCUT2D eigenvalue weighted by Gasteiger charge is -2.14. The summed E-state index contributed by atoms with van der Waals surface area (Å²) in [6.07, 6.45) is 3.38. The van der Waals surface area contributed by atoms with Gasteiger partial charge in [0, 0.05) is 6.04 Å². The summed E-state index contributed by atoms with van der Waals surface area (Å²) in [5.41, 5.74) is 6.93. The molecule has 1 aromatic carbocycles. The van der Waals surface area contributed by atoms with E-state index in [1.165, 1.54) is 12.8 Å². The molecule has 88 valence electrons. The zero-order chi connectivity index (χ0) is 11.5. The van der Waals surface area contributed by atoms with Crippen LogP contribution in [0.4, 0.5) is 0 Å². The molecule has 1 aromatic rings. The molecule has 1 saturated carbocycles. The summed E-state index contributed by atoms with van der Waals surface area (Å²) in [7, 11) is 0. The Hall–Kier alpha value is -0.730. The molecule has 0 aliphatic heterocycles. The molecule has 0 radical (unpaired) electrons. The van der Waals surface area contributed by atoms with E-state index in [1.54, 1.807) is 0 Å². The molecule has 16 heavy (non-hydrogen) atoms. The first-order chi connectivity index (χ1) is 7.66. The summed E-state index contributed by atoms with van der Waals surface area (Å²) in [4.78, 5) is 0. The average Bonchev–Trinajstić information content (AvgIpc) is 2.99. The lowest BCUT2D eigenvalue weighted by Crippen LogP contribution is -2.18. The molecule has 0 saturated heterocycles. The molecule has 0 bridgehead atoms. The smallest absolute Gasteiger partial charge is 0.141 e. The molecule has 2 rings (SSSR count). The molecule has 0 aromatic heterocycles. The van der Waals surface area contributed by atoms with Crippen LogP contribution in [0.5, 0.6) is 5.75 Å². The maximum absolute atomic E-state index is 6.15. The fourth-order valence-corrected chi connectivity index (χ4v) is 1.96. The Bertz CT molecular complexity index is 361. The van der Waals surface area contributed by atoms with Crippen molar-refractivity contribution < 1.29 is 4.74 Å². The number of ether oxygens (including phenoxy) is 1. The maximum atomic E-state index is 6.15. The first-order valence-electron chi connectivity index (χ1n) is 5.82. The van der Waals surface area contributed by atoms with Gasteiger partial charge < -0.3 is 10.5 Å². The topological polar surface area (TPSA) is 35.2 Å². The normalized spacial score (nSPS) is 17.2. The summed E-state index contributed by atoms with van der Waals surface area (Å²) < 4.78 is 5.81. The van der Waals surface area contributed by atoms with Crippen LogP contribution < -0.4 is 10.5 Å². The van der Waals surface area contributed by atoms with Crippen molar-refractivity contribution in [3.8, 4) is 5.75 Å². The van der Waals surface area contributed by atoms with Gasteiger partial charge in [0.1, 0.15) is 5.75 Å². The fraction of sp³-hybridized carbons (Fsp3) is 0.538. The van der Waals surface area contributed by atoms with Crippen LogP contribution in [-0.2, 0) is 6.42 Å². The second kappa shape index (κ2) is 5.07. The summed E-state index contributed by atoms with van der Waals surface area (Å²) in [5, 5.41) is 0.693. The summed E-state index contributed by atoms with van der Waals surface area (Å²) in [6.45, 7) is 2.78. The zero-order valence-corrected chi connectivity index (χ0v) is 10.3. The van der Waals surface area contributed by atoms with Crippen molar-refractivity contribution in [3.05, 3.63) is 28.8 Å². The highest BCUT2D eigenvalue weighted by Gasteiger charge is 2.23. The monoisotopic (exact) mass is 239 g/mol. The minimum absolute atomic E-state index is 0.127. The van der Waals surface area contributed by atoms with Crippen LogP contribution >= 0.6 is 11.6 Å². The van der Waals surface area contributed by atoms with Crippen LogP contribution in [0, 0.1) is 5.92 Å². The number of hydrogen-bond acceptors (Lipinski definition) is 2. The van der Waals surface area contributed by atoms with Crippen LogP contribution in [-0.4, -0.2) is 12.6 Å². The van der Waals surface area contributed by atoms with Crippen LogP contribution in [0.2, 0.25) is 5.02 Å². The van der Waals surface area contributed by atoms with Gasteiger partial charge in [-0.05, 0) is 43.7 Å². The van der Waals surface area contributed by atoms with Crippen molar-refractivity contribution in [3.63, 3.8) is 0 Å². The number of halogens is 1. The van der Waals surface area contributed by atoms with E-state index >= 15 is 0 Å². The van der Waals surface area contributed by atoms with Crippen molar-refractivity contribution in [1.29, 1.82) is 0 Å². The molecule has 1 aliphatic rings. The molecular formula is C13H18ClNO. The van der Waals surface area contributed by atoms with Crippen molar-refractivity contribution in [2.75, 3.05) is 6.61 Å². The Morgan fingerprint density at radius 1 is 1.50 bits per heavy atom. The van der Waals surface area contributed by atoms with E-state index in [1.807, 2.05) is 25.1 Å². The molecule has 0 amide bonds. The predicted molar refractivity (Wildman–Crippen MR) is 67.0 cm³/mol. The Labute approximate surface area is 102 Å². The molecule has 0 spiro atoms. The standard InChI is InChI=1S/C13H18ClNO/c1-9(15)7-11-3-2-4-12(14)13(11)16-8-10-5-6-10/h2-4,9-10H,5-8,15H2,1H3. The highest BCUT2D eigenvalue weighted by Crippen LogP contribution is 2.34. The predicted octanol–water partition coefficient (Wildman–Crippen LogP) is 3.02. The third-order valence-corrected chi connectivity index (χ3v) is 3.05. The molecule has 1 fully saturated rings. The van der Waals surface area contributed by atoms with E-state index in [2.05, 4.69) is 0 Å². The van der Waals surface area contributed by atoms with Crippen LogP contribution in [0.1, 0.15) is 25.3 Å². The summed E-state index contributed by atoms with van der Waals surface area (Å²) in [6, 6.07) is 5.98. The van der Waals surface area contributed by atoms with Crippen molar-refractivity contribution in [2.45, 2.75) is 32.2 Å². The molecule has 3 heteroatoms. The van der Waals surface area contributed by atoms with Crippen molar-refractivity contribution >= 4 is 11.6 Å². The van der Waals surface area contributed by atoms with Gasteiger partial charge in [0.25, 0.3) is 0 Å². The lowest BCUT2D eigenvalue weighted by molar-refractivity contribution is 0.296. The maximum Gasteiger partial charge on any atom is 0.141 e. The Kier molecular flexibility index (Phi) is 3.72. The molecule has 1 atom stereocenters. The van der Waals surface area contributed by atoms with Gasteiger partial charge >= 0.3 is 0 Å². The van der Waals surface area contributed by atoms with Gasteiger partial charge in [-0.15, -0.1) is 0 Å². The van der Waals surface area contributed by atoms with E-state index in [9.17, 15) is 0 Å². The zero-order valence-electron chi connectivity index (χ0n) is 9.58. The van der Waals surface area contributed by atoms with E-state index < -0.39 is 0 Å². The van der Waals surface area contributed by atoms with Crippen LogP contribution in [0.15, 0.2) is 18.2 Å². The lowest BCUT2D eigenvalue weighted by atomic mass is 10.1. The van der Waals surface area contributed by atoms with E-state index in [4.69, 9.17) is 22.1 Å². The Morgan fingerprint density at radius 2 is 2.25 bits per heavy atom. The Balaban J connectivity index is 2.10. The third kappa shape index (κ3) is 3.13. The van der Waals surface area contributed by atoms with E-state index in [0.717, 1.165) is 30.3 Å². The highest BCUT2D eigenvalue weighted by molar-refractivity contribution is 6.32. The van der Waals surface area contributed by atoms with Gasteiger partial charge in [-0.25, -0.2) is 0 Å². The number of nitrogens with two attached hydrogens (primary N) is 1. The summed E-state index contributed by atoms with van der Waals surface area (Å²) in [5.74, 6) is 1.56. The quantitative estimate of drug-likeness (QED) is 0.857. The van der Waals surface area contributed by atoms with Gasteiger partial charge in [-0.2, -0.15) is 0 Å². The molecule has 2 N–H and O–H groups in total. The SMILES string of the molecule is CC(N)Cc1cccc(Cl)c1OCC1CC1. The summed E-state index contributed by atoms with van der Waals surface area (Å²) >= 11 is 6.15. The third-order valence-electron chi connectivity index (χ3n) is 2.75. The van der Waals surface area contributed by atoms with E-state index in [0.29, 0.717) is 5.02 Å².